The molecule has 0 radical (unpaired) electrons. The average molecular weight is 284 g/mol. The summed E-state index contributed by atoms with van der Waals surface area (Å²) < 4.78 is 12.4. The van der Waals surface area contributed by atoms with Gasteiger partial charge in [-0.3, -0.25) is 9.80 Å². The van der Waals surface area contributed by atoms with Gasteiger partial charge in [-0.2, -0.15) is 0 Å². The summed E-state index contributed by atoms with van der Waals surface area (Å²) in [5.41, 5.74) is 0. The highest BCUT2D eigenvalue weighted by molar-refractivity contribution is 4.86. The lowest BCUT2D eigenvalue weighted by Crippen LogP contribution is -2.55. The molecule has 2 saturated heterocycles. The zero-order valence-corrected chi connectivity index (χ0v) is 13.8. The Hall–Kier alpha value is -0.160. The molecule has 0 spiro atoms. The van der Waals surface area contributed by atoms with Gasteiger partial charge in [0.15, 0.2) is 0 Å². The third-order valence-corrected chi connectivity index (χ3v) is 4.79. The van der Waals surface area contributed by atoms with E-state index in [4.69, 9.17) is 9.47 Å². The minimum Gasteiger partial charge on any atom is -0.372 e. The second kappa shape index (κ2) is 7.21. The van der Waals surface area contributed by atoms with Crippen LogP contribution in [0.4, 0.5) is 0 Å². The van der Waals surface area contributed by atoms with Crippen molar-refractivity contribution in [1.82, 2.24) is 9.80 Å². The van der Waals surface area contributed by atoms with Crippen molar-refractivity contribution in [3.8, 4) is 0 Å². The summed E-state index contributed by atoms with van der Waals surface area (Å²) in [4.78, 5) is 5.00. The standard InChI is InChI=1S/C16H32N2O2/c1-6-17-8-12(3)19-15(10-17)14(5)16-11-18(7-2)9-13(4)20-16/h12-16H,6-11H2,1-5H3. The molecule has 0 aromatic heterocycles. The van der Waals surface area contributed by atoms with E-state index in [1.807, 2.05) is 0 Å². The third kappa shape index (κ3) is 3.94. The summed E-state index contributed by atoms with van der Waals surface area (Å²) in [6.07, 6.45) is 1.26. The van der Waals surface area contributed by atoms with Gasteiger partial charge in [0.25, 0.3) is 0 Å². The molecule has 2 aliphatic rings. The first-order chi connectivity index (χ1) is 9.53. The zero-order valence-electron chi connectivity index (χ0n) is 13.8. The lowest BCUT2D eigenvalue weighted by Gasteiger charge is -2.44. The van der Waals surface area contributed by atoms with E-state index in [2.05, 4.69) is 44.4 Å². The van der Waals surface area contributed by atoms with E-state index in [1.165, 1.54) is 0 Å². The summed E-state index contributed by atoms with van der Waals surface area (Å²) in [7, 11) is 0. The van der Waals surface area contributed by atoms with Crippen LogP contribution in [0.3, 0.4) is 0 Å². The van der Waals surface area contributed by atoms with E-state index in [0.29, 0.717) is 30.3 Å². The lowest BCUT2D eigenvalue weighted by atomic mass is 9.94. The maximum Gasteiger partial charge on any atom is 0.0756 e. The van der Waals surface area contributed by atoms with E-state index in [9.17, 15) is 0 Å². The molecule has 4 heteroatoms. The molecule has 0 aliphatic carbocycles. The molecule has 118 valence electrons. The minimum atomic E-state index is 0.299. The Morgan fingerprint density at radius 1 is 0.850 bits per heavy atom. The topological polar surface area (TPSA) is 24.9 Å². The predicted molar refractivity (Wildman–Crippen MR) is 82.1 cm³/mol. The second-order valence-corrected chi connectivity index (χ2v) is 6.53. The number of nitrogens with zero attached hydrogens (tertiary/aromatic N) is 2. The van der Waals surface area contributed by atoms with Crippen LogP contribution < -0.4 is 0 Å². The number of ether oxygens (including phenoxy) is 2. The van der Waals surface area contributed by atoms with Gasteiger partial charge in [0.2, 0.25) is 0 Å². The maximum atomic E-state index is 6.20. The molecule has 0 aromatic rings. The maximum absolute atomic E-state index is 6.20. The fraction of sp³-hybridized carbons (Fsp3) is 1.00. The summed E-state index contributed by atoms with van der Waals surface area (Å²) in [5.74, 6) is 0.448. The van der Waals surface area contributed by atoms with Crippen molar-refractivity contribution in [3.63, 3.8) is 0 Å². The van der Waals surface area contributed by atoms with Crippen molar-refractivity contribution < 1.29 is 9.47 Å². The summed E-state index contributed by atoms with van der Waals surface area (Å²) in [5, 5.41) is 0. The zero-order chi connectivity index (χ0) is 14.7. The average Bonchev–Trinajstić information content (AvgIpc) is 2.44. The van der Waals surface area contributed by atoms with E-state index < -0.39 is 0 Å². The van der Waals surface area contributed by atoms with Gasteiger partial charge >= 0.3 is 0 Å². The molecule has 0 N–H and O–H groups in total. The fourth-order valence-corrected chi connectivity index (χ4v) is 3.49. The Kier molecular flexibility index (Phi) is 5.84. The van der Waals surface area contributed by atoms with Crippen molar-refractivity contribution in [2.45, 2.75) is 59.0 Å². The second-order valence-electron chi connectivity index (χ2n) is 6.53. The smallest absolute Gasteiger partial charge is 0.0756 e. The molecule has 2 fully saturated rings. The summed E-state index contributed by atoms with van der Waals surface area (Å²) >= 11 is 0. The molecular weight excluding hydrogens is 252 g/mol. The van der Waals surface area contributed by atoms with Crippen molar-refractivity contribution in [2.75, 3.05) is 39.3 Å². The number of likely N-dealkylation sites (N-methyl/N-ethyl adjacent to an activating group) is 2. The predicted octanol–water partition coefficient (Wildman–Crippen LogP) is 1.84. The van der Waals surface area contributed by atoms with Crippen molar-refractivity contribution in [2.24, 2.45) is 5.92 Å². The lowest BCUT2D eigenvalue weighted by molar-refractivity contribution is -0.156. The van der Waals surface area contributed by atoms with Gasteiger partial charge in [-0.1, -0.05) is 20.8 Å². The van der Waals surface area contributed by atoms with Crippen molar-refractivity contribution in [3.05, 3.63) is 0 Å². The van der Waals surface area contributed by atoms with Gasteiger partial charge < -0.3 is 9.47 Å². The van der Waals surface area contributed by atoms with Crippen LogP contribution in [0.5, 0.6) is 0 Å². The molecule has 2 heterocycles. The van der Waals surface area contributed by atoms with Crippen molar-refractivity contribution in [1.29, 1.82) is 0 Å². The van der Waals surface area contributed by atoms with Crippen LogP contribution >= 0.6 is 0 Å². The van der Waals surface area contributed by atoms with Crippen LogP contribution in [-0.2, 0) is 9.47 Å². The quantitative estimate of drug-likeness (QED) is 0.786. The molecular formula is C16H32N2O2. The van der Waals surface area contributed by atoms with E-state index in [1.54, 1.807) is 0 Å². The first-order valence-electron chi connectivity index (χ1n) is 8.29. The van der Waals surface area contributed by atoms with E-state index in [-0.39, 0.29) is 0 Å². The minimum absolute atomic E-state index is 0.299. The van der Waals surface area contributed by atoms with E-state index in [0.717, 1.165) is 39.3 Å². The van der Waals surface area contributed by atoms with Crippen molar-refractivity contribution >= 4 is 0 Å². The van der Waals surface area contributed by atoms with Crippen LogP contribution in [0.1, 0.15) is 34.6 Å². The normalized spacial score (nSPS) is 38.9. The van der Waals surface area contributed by atoms with Gasteiger partial charge in [0.1, 0.15) is 0 Å². The molecule has 4 atom stereocenters. The third-order valence-electron chi connectivity index (χ3n) is 4.79. The summed E-state index contributed by atoms with van der Waals surface area (Å²) in [6.45, 7) is 17.6. The first-order valence-corrected chi connectivity index (χ1v) is 8.29. The van der Waals surface area contributed by atoms with Crippen LogP contribution in [0.15, 0.2) is 0 Å². The molecule has 0 saturated carbocycles. The SMILES string of the molecule is CCN1CC(C)OC(C(C)C2CN(CC)CC(C)O2)C1. The fourth-order valence-electron chi connectivity index (χ4n) is 3.49. The molecule has 4 unspecified atom stereocenters. The highest BCUT2D eigenvalue weighted by atomic mass is 16.5. The van der Waals surface area contributed by atoms with E-state index >= 15 is 0 Å². The number of hydrogen-bond acceptors (Lipinski definition) is 4. The van der Waals surface area contributed by atoms with Gasteiger partial charge in [0, 0.05) is 32.1 Å². The first kappa shape index (κ1) is 16.2. The Balaban J connectivity index is 1.96. The molecule has 0 amide bonds. The van der Waals surface area contributed by atoms with Gasteiger partial charge in [-0.25, -0.2) is 0 Å². The van der Waals surface area contributed by atoms with Crippen LogP contribution in [-0.4, -0.2) is 73.5 Å². The number of morpholine rings is 2. The molecule has 4 nitrogen and oxygen atoms in total. The highest BCUT2D eigenvalue weighted by Gasteiger charge is 2.36. The number of hydrogen-bond donors (Lipinski definition) is 0. The molecule has 0 aromatic carbocycles. The molecule has 2 rings (SSSR count). The van der Waals surface area contributed by atoms with Gasteiger partial charge in [0.05, 0.1) is 24.4 Å². The van der Waals surface area contributed by atoms with Gasteiger partial charge in [-0.15, -0.1) is 0 Å². The Morgan fingerprint density at radius 2 is 1.25 bits per heavy atom. The largest absolute Gasteiger partial charge is 0.372 e. The van der Waals surface area contributed by atoms with Crippen LogP contribution in [0.25, 0.3) is 0 Å². The number of rotatable bonds is 4. The Labute approximate surface area is 124 Å². The molecule has 2 aliphatic heterocycles. The van der Waals surface area contributed by atoms with Gasteiger partial charge in [-0.05, 0) is 26.9 Å². The van der Waals surface area contributed by atoms with Crippen LogP contribution in [0, 0.1) is 5.92 Å². The highest BCUT2D eigenvalue weighted by Crippen LogP contribution is 2.25. The molecule has 0 bridgehead atoms. The molecule has 20 heavy (non-hydrogen) atoms. The Morgan fingerprint density at radius 3 is 1.60 bits per heavy atom. The monoisotopic (exact) mass is 284 g/mol. The summed E-state index contributed by atoms with van der Waals surface area (Å²) in [6, 6.07) is 0. The Bertz CT molecular complexity index is 272. The van der Waals surface area contributed by atoms with Crippen LogP contribution in [0.2, 0.25) is 0 Å².